The van der Waals surface area contributed by atoms with Gasteiger partial charge >= 0.3 is 0 Å². The minimum atomic E-state index is -0.376. The van der Waals surface area contributed by atoms with E-state index in [1.54, 1.807) is 23.3 Å². The molecular weight excluding hydrogens is 358 g/mol. The molecule has 2 rings (SSSR count). The van der Waals surface area contributed by atoms with Crippen LogP contribution in [-0.2, 0) is 16.0 Å². The van der Waals surface area contributed by atoms with Crippen LogP contribution in [0.1, 0.15) is 28.5 Å². The fourth-order valence-corrected chi connectivity index (χ4v) is 3.74. The third-order valence-electron chi connectivity index (χ3n) is 4.63. The van der Waals surface area contributed by atoms with Crippen LogP contribution in [0.3, 0.4) is 0 Å². The Morgan fingerprint density at radius 1 is 1.19 bits per heavy atom. The summed E-state index contributed by atoms with van der Waals surface area (Å²) in [5.74, 6) is -0.185. The van der Waals surface area contributed by atoms with Crippen molar-refractivity contribution in [3.8, 4) is 0 Å². The number of hydrogen-bond acceptors (Lipinski definition) is 4. The average Bonchev–Trinajstić information content (AvgIpc) is 3.10. The summed E-state index contributed by atoms with van der Waals surface area (Å²) in [6.45, 7) is 8.60. The molecule has 1 atom stereocenters. The number of nitrogens with one attached hydrogen (secondary N) is 2. The second-order valence-corrected chi connectivity index (χ2v) is 8.07. The van der Waals surface area contributed by atoms with Crippen molar-refractivity contribution < 1.29 is 9.59 Å². The van der Waals surface area contributed by atoms with Crippen molar-refractivity contribution in [1.29, 1.82) is 0 Å². The first kappa shape index (κ1) is 21.1. The van der Waals surface area contributed by atoms with E-state index in [0.29, 0.717) is 6.54 Å². The minimum absolute atomic E-state index is 0.0652. The topological polar surface area (TPSA) is 61.4 Å². The molecule has 1 aromatic carbocycles. The SMILES string of the molecule is Cc1cc(C)c(NC(=O)CN(C)[C@@H](C)C(=O)NCCc2cccs2)c(C)c1. The second-order valence-electron chi connectivity index (χ2n) is 7.03. The molecule has 0 unspecified atom stereocenters. The van der Waals surface area contributed by atoms with Crippen LogP contribution in [0, 0.1) is 20.8 Å². The molecule has 2 amide bonds. The van der Waals surface area contributed by atoms with Crippen LogP contribution in [0.2, 0.25) is 0 Å². The first-order valence-corrected chi connectivity index (χ1v) is 10.0. The van der Waals surface area contributed by atoms with Crippen LogP contribution < -0.4 is 10.6 Å². The molecule has 0 bridgehead atoms. The summed E-state index contributed by atoms with van der Waals surface area (Å²) in [4.78, 5) is 27.8. The number of nitrogens with zero attached hydrogens (tertiary/aromatic N) is 1. The third-order valence-corrected chi connectivity index (χ3v) is 5.56. The van der Waals surface area contributed by atoms with Crippen molar-refractivity contribution in [2.45, 2.75) is 40.2 Å². The van der Waals surface area contributed by atoms with Crippen molar-refractivity contribution in [2.24, 2.45) is 0 Å². The Hall–Kier alpha value is -2.18. The van der Waals surface area contributed by atoms with Gasteiger partial charge < -0.3 is 10.6 Å². The maximum atomic E-state index is 12.4. The van der Waals surface area contributed by atoms with Crippen LogP contribution in [-0.4, -0.2) is 42.9 Å². The van der Waals surface area contributed by atoms with E-state index in [4.69, 9.17) is 0 Å². The highest BCUT2D eigenvalue weighted by Crippen LogP contribution is 2.21. The zero-order valence-electron chi connectivity index (χ0n) is 16.8. The lowest BCUT2D eigenvalue weighted by atomic mass is 10.1. The average molecular weight is 388 g/mol. The standard InChI is InChI=1S/C21H29N3O2S/c1-14-11-15(2)20(16(3)12-14)23-19(25)13-24(5)17(4)21(26)22-9-8-18-7-6-10-27-18/h6-7,10-12,17H,8-9,13H2,1-5H3,(H,22,26)(H,23,25)/t17-/m0/s1. The van der Waals surface area contributed by atoms with E-state index in [1.807, 2.05) is 39.1 Å². The second kappa shape index (κ2) is 9.67. The van der Waals surface area contributed by atoms with Crippen LogP contribution in [0.4, 0.5) is 5.69 Å². The number of carbonyl (C=O) groups is 2. The van der Waals surface area contributed by atoms with Gasteiger partial charge in [0, 0.05) is 17.1 Å². The smallest absolute Gasteiger partial charge is 0.238 e. The van der Waals surface area contributed by atoms with Gasteiger partial charge in [-0.15, -0.1) is 11.3 Å². The van der Waals surface area contributed by atoms with Crippen molar-refractivity contribution in [1.82, 2.24) is 10.2 Å². The quantitative estimate of drug-likeness (QED) is 0.731. The normalized spacial score (nSPS) is 12.1. The Morgan fingerprint density at radius 3 is 2.44 bits per heavy atom. The van der Waals surface area contributed by atoms with Gasteiger partial charge in [0.2, 0.25) is 11.8 Å². The minimum Gasteiger partial charge on any atom is -0.354 e. The molecule has 2 aromatic rings. The maximum Gasteiger partial charge on any atom is 0.238 e. The summed E-state index contributed by atoms with van der Waals surface area (Å²) in [5.41, 5.74) is 4.12. The van der Waals surface area contributed by atoms with Crippen molar-refractivity contribution in [3.05, 3.63) is 51.2 Å². The molecule has 1 aromatic heterocycles. The number of likely N-dealkylation sites (N-methyl/N-ethyl adjacent to an activating group) is 1. The zero-order valence-corrected chi connectivity index (χ0v) is 17.6. The molecule has 2 N–H and O–H groups in total. The lowest BCUT2D eigenvalue weighted by molar-refractivity contribution is -0.126. The Labute approximate surface area is 165 Å². The number of rotatable bonds is 8. The summed E-state index contributed by atoms with van der Waals surface area (Å²) in [6.07, 6.45) is 0.826. The molecule has 0 aliphatic carbocycles. The van der Waals surface area contributed by atoms with Gasteiger partial charge in [0.1, 0.15) is 0 Å². The molecule has 5 nitrogen and oxygen atoms in total. The van der Waals surface area contributed by atoms with E-state index in [2.05, 4.69) is 28.8 Å². The highest BCUT2D eigenvalue weighted by atomic mass is 32.1. The highest BCUT2D eigenvalue weighted by molar-refractivity contribution is 7.09. The van der Waals surface area contributed by atoms with Crippen molar-refractivity contribution >= 4 is 28.8 Å². The van der Waals surface area contributed by atoms with Gasteiger partial charge in [0.25, 0.3) is 0 Å². The summed E-state index contributed by atoms with van der Waals surface area (Å²) in [7, 11) is 1.79. The first-order valence-electron chi connectivity index (χ1n) is 9.16. The number of thiophene rings is 1. The molecule has 0 saturated heterocycles. The summed E-state index contributed by atoms with van der Waals surface area (Å²) >= 11 is 1.69. The van der Waals surface area contributed by atoms with E-state index in [-0.39, 0.29) is 24.4 Å². The Kier molecular flexibility index (Phi) is 7.56. The molecule has 0 fully saturated rings. The number of amides is 2. The lowest BCUT2D eigenvalue weighted by Crippen LogP contribution is -2.46. The first-order chi connectivity index (χ1) is 12.8. The Balaban J connectivity index is 1.83. The monoisotopic (exact) mass is 387 g/mol. The predicted octanol–water partition coefficient (Wildman–Crippen LogP) is 3.29. The fraction of sp³-hybridized carbons (Fsp3) is 0.429. The maximum absolute atomic E-state index is 12.4. The molecule has 1 heterocycles. The largest absolute Gasteiger partial charge is 0.354 e. The number of hydrogen-bond donors (Lipinski definition) is 2. The van der Waals surface area contributed by atoms with E-state index >= 15 is 0 Å². The van der Waals surface area contributed by atoms with Gasteiger partial charge in [0.05, 0.1) is 12.6 Å². The van der Waals surface area contributed by atoms with E-state index in [9.17, 15) is 9.59 Å². The van der Waals surface area contributed by atoms with Crippen LogP contribution >= 0.6 is 11.3 Å². The molecule has 146 valence electrons. The van der Waals surface area contributed by atoms with Gasteiger partial charge in [-0.1, -0.05) is 23.8 Å². The molecule has 0 saturated carbocycles. The number of aryl methyl sites for hydroxylation is 3. The predicted molar refractivity (Wildman–Crippen MR) is 112 cm³/mol. The van der Waals surface area contributed by atoms with Gasteiger partial charge in [0.15, 0.2) is 0 Å². The van der Waals surface area contributed by atoms with Crippen LogP contribution in [0.15, 0.2) is 29.6 Å². The highest BCUT2D eigenvalue weighted by Gasteiger charge is 2.20. The molecule has 0 aliphatic rings. The molecule has 27 heavy (non-hydrogen) atoms. The fourth-order valence-electron chi connectivity index (χ4n) is 3.03. The van der Waals surface area contributed by atoms with Gasteiger partial charge in [-0.2, -0.15) is 0 Å². The summed E-state index contributed by atoms with van der Waals surface area (Å²) in [5, 5.41) is 7.96. The number of carbonyl (C=O) groups excluding carboxylic acids is 2. The molecule has 0 radical (unpaired) electrons. The van der Waals surface area contributed by atoms with E-state index in [0.717, 1.165) is 23.2 Å². The molecule has 0 aliphatic heterocycles. The van der Waals surface area contributed by atoms with Crippen molar-refractivity contribution in [3.63, 3.8) is 0 Å². The third kappa shape index (κ3) is 6.19. The summed E-state index contributed by atoms with van der Waals surface area (Å²) < 4.78 is 0. The molecule has 0 spiro atoms. The Morgan fingerprint density at radius 2 is 1.85 bits per heavy atom. The Bertz CT molecular complexity index is 764. The van der Waals surface area contributed by atoms with Gasteiger partial charge in [-0.05, 0) is 63.7 Å². The van der Waals surface area contributed by atoms with Gasteiger partial charge in [-0.25, -0.2) is 0 Å². The number of anilines is 1. The van der Waals surface area contributed by atoms with Crippen LogP contribution in [0.5, 0.6) is 0 Å². The van der Waals surface area contributed by atoms with Crippen molar-refractivity contribution in [2.75, 3.05) is 25.5 Å². The summed E-state index contributed by atoms with van der Waals surface area (Å²) in [6, 6.07) is 7.80. The molecular formula is C21H29N3O2S. The molecule has 6 heteroatoms. The zero-order chi connectivity index (χ0) is 20.0. The lowest BCUT2D eigenvalue weighted by Gasteiger charge is -2.23. The van der Waals surface area contributed by atoms with E-state index < -0.39 is 0 Å². The van der Waals surface area contributed by atoms with Crippen LogP contribution in [0.25, 0.3) is 0 Å². The van der Waals surface area contributed by atoms with Gasteiger partial charge in [-0.3, -0.25) is 14.5 Å². The number of benzene rings is 1. The van der Waals surface area contributed by atoms with E-state index in [1.165, 1.54) is 10.4 Å².